The molecule has 4 nitrogen and oxygen atoms in total. The van der Waals surface area contributed by atoms with Crippen LogP contribution in [0, 0.1) is 0 Å². The van der Waals surface area contributed by atoms with Crippen molar-refractivity contribution in [2.45, 2.75) is 25.8 Å². The summed E-state index contributed by atoms with van der Waals surface area (Å²) in [5.41, 5.74) is 6.27. The van der Waals surface area contributed by atoms with Crippen LogP contribution in [0.3, 0.4) is 0 Å². The molecule has 1 heterocycles. The van der Waals surface area contributed by atoms with Crippen LogP contribution in [-0.2, 0) is 13.5 Å². The van der Waals surface area contributed by atoms with E-state index < -0.39 is 0 Å². The zero-order valence-electron chi connectivity index (χ0n) is 10.9. The predicted octanol–water partition coefficient (Wildman–Crippen LogP) is 1.93. The van der Waals surface area contributed by atoms with Gasteiger partial charge in [0.1, 0.15) is 0 Å². The number of benzene rings is 1. The van der Waals surface area contributed by atoms with Crippen molar-refractivity contribution in [1.29, 1.82) is 0 Å². The lowest BCUT2D eigenvalue weighted by molar-refractivity contribution is 0.603. The number of nitrogens with one attached hydrogen (secondary N) is 1. The van der Waals surface area contributed by atoms with Gasteiger partial charge in [-0.05, 0) is 23.6 Å². The van der Waals surface area contributed by atoms with Gasteiger partial charge in [0.15, 0.2) is 0 Å². The van der Waals surface area contributed by atoms with Gasteiger partial charge in [0.05, 0.1) is 11.7 Å². The normalized spacial score (nSPS) is 12.6. The Bertz CT molecular complexity index is 504. The number of aryl methyl sites for hydroxylation is 2. The minimum absolute atomic E-state index is 0.0528. The van der Waals surface area contributed by atoms with E-state index in [9.17, 15) is 0 Å². The Balaban J connectivity index is 2.29. The van der Waals surface area contributed by atoms with Gasteiger partial charge in [-0.25, -0.2) is 5.43 Å². The van der Waals surface area contributed by atoms with Crippen molar-refractivity contribution >= 4 is 0 Å². The summed E-state index contributed by atoms with van der Waals surface area (Å²) in [4.78, 5) is 0. The summed E-state index contributed by atoms with van der Waals surface area (Å²) in [5, 5.41) is 4.41. The van der Waals surface area contributed by atoms with E-state index in [0.717, 1.165) is 24.1 Å². The lowest BCUT2D eigenvalue weighted by atomic mass is 10.00. The van der Waals surface area contributed by atoms with Crippen molar-refractivity contribution < 1.29 is 0 Å². The van der Waals surface area contributed by atoms with Crippen LogP contribution in [0.1, 0.15) is 36.2 Å². The van der Waals surface area contributed by atoms with E-state index in [1.807, 2.05) is 19.3 Å². The molecule has 0 amide bonds. The molecule has 0 saturated carbocycles. The molecule has 0 saturated heterocycles. The minimum atomic E-state index is -0.0528. The molecule has 2 rings (SSSR count). The highest BCUT2D eigenvalue weighted by molar-refractivity contribution is 5.31. The molecule has 1 aromatic heterocycles. The highest BCUT2D eigenvalue weighted by atomic mass is 15.3. The molecule has 96 valence electrons. The lowest BCUT2D eigenvalue weighted by Gasteiger charge is -2.15. The summed E-state index contributed by atoms with van der Waals surface area (Å²) >= 11 is 0. The highest BCUT2D eigenvalue weighted by Crippen LogP contribution is 2.21. The van der Waals surface area contributed by atoms with Crippen LogP contribution in [0.25, 0.3) is 0 Å². The number of nitrogens with two attached hydrogens (primary N) is 1. The molecule has 0 spiro atoms. The van der Waals surface area contributed by atoms with Crippen molar-refractivity contribution in [2.24, 2.45) is 12.9 Å². The fourth-order valence-corrected chi connectivity index (χ4v) is 2.16. The van der Waals surface area contributed by atoms with Crippen LogP contribution in [0.5, 0.6) is 0 Å². The number of nitrogens with zero attached hydrogens (tertiary/aromatic N) is 2. The number of rotatable bonds is 5. The Labute approximate surface area is 108 Å². The van der Waals surface area contributed by atoms with E-state index in [4.69, 9.17) is 5.84 Å². The van der Waals surface area contributed by atoms with Crippen molar-refractivity contribution in [3.8, 4) is 0 Å². The number of hydrazine groups is 1. The van der Waals surface area contributed by atoms with Gasteiger partial charge < -0.3 is 0 Å². The summed E-state index contributed by atoms with van der Waals surface area (Å²) in [5.74, 6) is 5.67. The molecule has 0 bridgehead atoms. The molecule has 1 aromatic carbocycles. The molecule has 0 aliphatic rings. The number of aromatic nitrogens is 2. The fraction of sp³-hybridized carbons (Fsp3) is 0.357. The lowest BCUT2D eigenvalue weighted by Crippen LogP contribution is -2.29. The Morgan fingerprint density at radius 2 is 2.22 bits per heavy atom. The molecule has 2 aromatic rings. The second kappa shape index (κ2) is 5.80. The summed E-state index contributed by atoms with van der Waals surface area (Å²) in [6, 6.07) is 10.4. The SMILES string of the molecule is CCCc1cccc(C(NN)c2ccn(C)n2)c1. The summed E-state index contributed by atoms with van der Waals surface area (Å²) in [6.45, 7) is 2.18. The van der Waals surface area contributed by atoms with Crippen LogP contribution >= 0.6 is 0 Å². The number of hydrogen-bond donors (Lipinski definition) is 2. The van der Waals surface area contributed by atoms with E-state index in [2.05, 4.69) is 41.7 Å². The Morgan fingerprint density at radius 3 is 2.83 bits per heavy atom. The first-order valence-electron chi connectivity index (χ1n) is 6.29. The van der Waals surface area contributed by atoms with E-state index in [1.165, 1.54) is 5.56 Å². The smallest absolute Gasteiger partial charge is 0.0900 e. The Kier molecular flexibility index (Phi) is 4.12. The quantitative estimate of drug-likeness (QED) is 0.624. The first kappa shape index (κ1) is 12.8. The van der Waals surface area contributed by atoms with Gasteiger partial charge in [0.2, 0.25) is 0 Å². The van der Waals surface area contributed by atoms with Gasteiger partial charge in [-0.2, -0.15) is 5.10 Å². The zero-order chi connectivity index (χ0) is 13.0. The molecule has 4 heteroatoms. The van der Waals surface area contributed by atoms with E-state index >= 15 is 0 Å². The largest absolute Gasteiger partial charge is 0.275 e. The summed E-state index contributed by atoms with van der Waals surface area (Å²) in [6.07, 6.45) is 4.16. The van der Waals surface area contributed by atoms with Crippen LogP contribution in [-0.4, -0.2) is 9.78 Å². The third-order valence-electron chi connectivity index (χ3n) is 3.02. The van der Waals surface area contributed by atoms with E-state index in [1.54, 1.807) is 4.68 Å². The van der Waals surface area contributed by atoms with Gasteiger partial charge >= 0.3 is 0 Å². The maximum absolute atomic E-state index is 5.67. The fourth-order valence-electron chi connectivity index (χ4n) is 2.16. The zero-order valence-corrected chi connectivity index (χ0v) is 10.9. The third kappa shape index (κ3) is 2.78. The molecule has 0 radical (unpaired) electrons. The molecule has 0 aliphatic carbocycles. The van der Waals surface area contributed by atoms with Gasteiger partial charge in [-0.3, -0.25) is 10.5 Å². The highest BCUT2D eigenvalue weighted by Gasteiger charge is 2.15. The average molecular weight is 244 g/mol. The predicted molar refractivity (Wildman–Crippen MR) is 72.8 cm³/mol. The second-order valence-corrected chi connectivity index (χ2v) is 4.51. The molecule has 0 fully saturated rings. The summed E-state index contributed by atoms with van der Waals surface area (Å²) < 4.78 is 1.79. The van der Waals surface area contributed by atoms with Gasteiger partial charge in [0.25, 0.3) is 0 Å². The molecular formula is C14H20N4. The van der Waals surface area contributed by atoms with E-state index in [-0.39, 0.29) is 6.04 Å². The first-order valence-corrected chi connectivity index (χ1v) is 6.29. The second-order valence-electron chi connectivity index (χ2n) is 4.51. The maximum Gasteiger partial charge on any atom is 0.0900 e. The molecule has 0 aliphatic heterocycles. The monoisotopic (exact) mass is 244 g/mol. The first-order chi connectivity index (χ1) is 8.74. The minimum Gasteiger partial charge on any atom is -0.275 e. The van der Waals surface area contributed by atoms with Gasteiger partial charge in [-0.1, -0.05) is 37.6 Å². The summed E-state index contributed by atoms with van der Waals surface area (Å²) in [7, 11) is 1.91. The van der Waals surface area contributed by atoms with Gasteiger partial charge in [-0.15, -0.1) is 0 Å². The van der Waals surface area contributed by atoms with Crippen LogP contribution in [0.2, 0.25) is 0 Å². The Morgan fingerprint density at radius 1 is 1.39 bits per heavy atom. The third-order valence-corrected chi connectivity index (χ3v) is 3.02. The molecule has 1 unspecified atom stereocenters. The van der Waals surface area contributed by atoms with Gasteiger partial charge in [0, 0.05) is 13.2 Å². The average Bonchev–Trinajstić information content (AvgIpc) is 2.78. The topological polar surface area (TPSA) is 55.9 Å². The van der Waals surface area contributed by atoms with E-state index in [0.29, 0.717) is 0 Å². The van der Waals surface area contributed by atoms with Crippen LogP contribution in [0.4, 0.5) is 0 Å². The molecular weight excluding hydrogens is 224 g/mol. The van der Waals surface area contributed by atoms with Crippen LogP contribution < -0.4 is 11.3 Å². The maximum atomic E-state index is 5.67. The van der Waals surface area contributed by atoms with Crippen molar-refractivity contribution in [1.82, 2.24) is 15.2 Å². The molecule has 18 heavy (non-hydrogen) atoms. The Hall–Kier alpha value is -1.65. The number of hydrogen-bond acceptors (Lipinski definition) is 3. The van der Waals surface area contributed by atoms with Crippen LogP contribution in [0.15, 0.2) is 36.5 Å². The van der Waals surface area contributed by atoms with Crippen molar-refractivity contribution in [3.63, 3.8) is 0 Å². The van der Waals surface area contributed by atoms with Crippen molar-refractivity contribution in [3.05, 3.63) is 53.3 Å². The van der Waals surface area contributed by atoms with Crippen molar-refractivity contribution in [2.75, 3.05) is 0 Å². The standard InChI is InChI=1S/C14H20N4/c1-3-5-11-6-4-7-12(10-11)14(16-15)13-8-9-18(2)17-13/h4,6-10,14,16H,3,5,15H2,1-2H3. The molecule has 3 N–H and O–H groups in total. The molecule has 1 atom stereocenters.